The largest absolute Gasteiger partial charge is 0.335 e. The zero-order chi connectivity index (χ0) is 13.9. The minimum atomic E-state index is 0.481. The van der Waals surface area contributed by atoms with Gasteiger partial charge in [0.25, 0.3) is 0 Å². The molecule has 1 aliphatic heterocycles. The Morgan fingerprint density at radius 2 is 2.20 bits per heavy atom. The Bertz CT molecular complexity index is 579. The third kappa shape index (κ3) is 2.94. The lowest BCUT2D eigenvalue weighted by atomic mass is 9.86. The fourth-order valence-electron chi connectivity index (χ4n) is 2.80. The molecule has 0 amide bonds. The van der Waals surface area contributed by atoms with Gasteiger partial charge in [-0.25, -0.2) is 0 Å². The van der Waals surface area contributed by atoms with Crippen molar-refractivity contribution in [3.8, 4) is 6.07 Å². The number of nitriles is 1. The van der Waals surface area contributed by atoms with Crippen molar-refractivity contribution in [2.75, 3.05) is 11.1 Å². The quantitative estimate of drug-likeness (QED) is 0.842. The Kier molecular flexibility index (Phi) is 4.18. The van der Waals surface area contributed by atoms with Gasteiger partial charge in [0.15, 0.2) is 5.17 Å². The van der Waals surface area contributed by atoms with E-state index in [1.165, 1.54) is 25.7 Å². The average molecular weight is 306 g/mol. The monoisotopic (exact) mass is 305 g/mol. The van der Waals surface area contributed by atoms with Gasteiger partial charge in [-0.3, -0.25) is 4.99 Å². The van der Waals surface area contributed by atoms with E-state index in [0.29, 0.717) is 16.6 Å². The normalized spacial score (nSPS) is 25.3. The maximum absolute atomic E-state index is 8.88. The van der Waals surface area contributed by atoms with Gasteiger partial charge in [0.05, 0.1) is 16.6 Å². The van der Waals surface area contributed by atoms with Gasteiger partial charge in [-0.1, -0.05) is 36.2 Å². The summed E-state index contributed by atoms with van der Waals surface area (Å²) in [5.74, 6) is 1.91. The first-order valence-corrected chi connectivity index (χ1v) is 8.30. The first-order valence-electron chi connectivity index (χ1n) is 6.93. The van der Waals surface area contributed by atoms with E-state index in [0.717, 1.165) is 22.5 Å². The van der Waals surface area contributed by atoms with Crippen LogP contribution in [0.1, 0.15) is 31.2 Å². The summed E-state index contributed by atoms with van der Waals surface area (Å²) in [5.41, 5.74) is 1.40. The number of hydrogen-bond donors (Lipinski definition) is 1. The van der Waals surface area contributed by atoms with Crippen molar-refractivity contribution in [3.63, 3.8) is 0 Å². The summed E-state index contributed by atoms with van der Waals surface area (Å²) in [5, 5.41) is 13.7. The molecule has 0 spiro atoms. The van der Waals surface area contributed by atoms with Crippen LogP contribution in [-0.2, 0) is 0 Å². The summed E-state index contributed by atoms with van der Waals surface area (Å²) in [4.78, 5) is 4.83. The fourth-order valence-corrected chi connectivity index (χ4v) is 4.19. The van der Waals surface area contributed by atoms with Gasteiger partial charge >= 0.3 is 0 Å². The number of hydrogen-bond acceptors (Lipinski definition) is 4. The van der Waals surface area contributed by atoms with Crippen LogP contribution in [0.5, 0.6) is 0 Å². The molecule has 2 atom stereocenters. The molecule has 0 saturated heterocycles. The standard InChI is InChI=1S/C15H16ClN3S/c16-13-7-12(6-5-10(13)8-17)18-15-19-14-4-2-1-3-11(14)9-20-15/h5-7,11,14H,1-4,9H2,(H,18,19). The summed E-state index contributed by atoms with van der Waals surface area (Å²) in [7, 11) is 0. The minimum Gasteiger partial charge on any atom is -0.335 e. The number of aliphatic imine (C=N–C) groups is 1. The Morgan fingerprint density at radius 3 is 3.00 bits per heavy atom. The van der Waals surface area contributed by atoms with Gasteiger partial charge < -0.3 is 5.32 Å². The lowest BCUT2D eigenvalue weighted by molar-refractivity contribution is 0.336. The molecule has 1 aliphatic carbocycles. The molecule has 0 radical (unpaired) electrons. The van der Waals surface area contributed by atoms with Gasteiger partial charge in [-0.15, -0.1) is 0 Å². The molecule has 2 aliphatic rings. The molecule has 0 aromatic heterocycles. The third-order valence-corrected chi connectivity index (χ3v) is 5.32. The lowest BCUT2D eigenvalue weighted by Gasteiger charge is -2.32. The van der Waals surface area contributed by atoms with E-state index < -0.39 is 0 Å². The SMILES string of the molecule is N#Cc1ccc(NC2=NC3CCCCC3CS2)cc1Cl. The van der Waals surface area contributed by atoms with Crippen molar-refractivity contribution >= 4 is 34.2 Å². The van der Waals surface area contributed by atoms with Gasteiger partial charge in [0.2, 0.25) is 0 Å². The molecule has 1 N–H and O–H groups in total. The van der Waals surface area contributed by atoms with Crippen LogP contribution in [0.2, 0.25) is 5.02 Å². The number of nitrogens with one attached hydrogen (secondary N) is 1. The molecule has 1 aromatic carbocycles. The number of rotatable bonds is 1. The Morgan fingerprint density at radius 1 is 1.35 bits per heavy atom. The highest BCUT2D eigenvalue weighted by atomic mass is 35.5. The van der Waals surface area contributed by atoms with E-state index in [9.17, 15) is 0 Å². The van der Waals surface area contributed by atoms with E-state index >= 15 is 0 Å². The molecule has 0 bridgehead atoms. The average Bonchev–Trinajstić information content (AvgIpc) is 2.47. The van der Waals surface area contributed by atoms with Crippen LogP contribution in [0.3, 0.4) is 0 Å². The van der Waals surface area contributed by atoms with Crippen LogP contribution < -0.4 is 5.32 Å². The Labute approximate surface area is 128 Å². The number of nitrogens with zero attached hydrogens (tertiary/aromatic N) is 2. The van der Waals surface area contributed by atoms with Crippen molar-refractivity contribution in [1.82, 2.24) is 0 Å². The molecule has 1 heterocycles. The van der Waals surface area contributed by atoms with Gasteiger partial charge in [0.1, 0.15) is 6.07 Å². The number of fused-ring (bicyclic) bond motifs is 1. The van der Waals surface area contributed by atoms with Crippen molar-refractivity contribution in [2.24, 2.45) is 10.9 Å². The number of thioether (sulfide) groups is 1. The van der Waals surface area contributed by atoms with E-state index in [1.807, 2.05) is 6.07 Å². The van der Waals surface area contributed by atoms with Crippen molar-refractivity contribution in [1.29, 1.82) is 5.26 Å². The third-order valence-electron chi connectivity index (χ3n) is 3.93. The molecule has 20 heavy (non-hydrogen) atoms. The summed E-state index contributed by atoms with van der Waals surface area (Å²) in [6.45, 7) is 0. The van der Waals surface area contributed by atoms with Crippen molar-refractivity contribution in [2.45, 2.75) is 31.7 Å². The fraction of sp³-hybridized carbons (Fsp3) is 0.467. The molecule has 1 aromatic rings. The number of anilines is 1. The topological polar surface area (TPSA) is 48.2 Å². The number of halogens is 1. The smallest absolute Gasteiger partial charge is 0.161 e. The lowest BCUT2D eigenvalue weighted by Crippen LogP contribution is -2.31. The molecular formula is C15H16ClN3S. The molecule has 104 valence electrons. The summed E-state index contributed by atoms with van der Waals surface area (Å²) in [6, 6.07) is 7.96. The van der Waals surface area contributed by atoms with Gasteiger partial charge in [-0.2, -0.15) is 5.26 Å². The Hall–Kier alpha value is -1.18. The second-order valence-electron chi connectivity index (χ2n) is 5.29. The molecule has 2 unspecified atom stereocenters. The van der Waals surface area contributed by atoms with Crippen LogP contribution in [0.25, 0.3) is 0 Å². The van der Waals surface area contributed by atoms with Crippen molar-refractivity contribution in [3.05, 3.63) is 28.8 Å². The Balaban J connectivity index is 1.73. The molecule has 3 nitrogen and oxygen atoms in total. The highest BCUT2D eigenvalue weighted by Crippen LogP contribution is 2.34. The molecule has 1 fully saturated rings. The molecule has 1 saturated carbocycles. The second kappa shape index (κ2) is 6.07. The van der Waals surface area contributed by atoms with Crippen LogP contribution in [0.4, 0.5) is 5.69 Å². The highest BCUT2D eigenvalue weighted by molar-refractivity contribution is 8.14. The number of amidine groups is 1. The second-order valence-corrected chi connectivity index (χ2v) is 6.70. The summed E-state index contributed by atoms with van der Waals surface area (Å²) >= 11 is 7.84. The predicted molar refractivity (Wildman–Crippen MR) is 85.4 cm³/mol. The van der Waals surface area contributed by atoms with Crippen LogP contribution in [0, 0.1) is 17.2 Å². The molecule has 5 heteroatoms. The summed E-state index contributed by atoms with van der Waals surface area (Å²) in [6.07, 6.45) is 5.18. The molecule has 3 rings (SSSR count). The first kappa shape index (κ1) is 13.8. The zero-order valence-corrected chi connectivity index (χ0v) is 12.7. The minimum absolute atomic E-state index is 0.481. The first-order chi connectivity index (χ1) is 9.76. The van der Waals surface area contributed by atoms with Crippen LogP contribution >= 0.6 is 23.4 Å². The zero-order valence-electron chi connectivity index (χ0n) is 11.1. The number of benzene rings is 1. The summed E-state index contributed by atoms with van der Waals surface area (Å²) < 4.78 is 0. The maximum atomic E-state index is 8.88. The van der Waals surface area contributed by atoms with Crippen molar-refractivity contribution < 1.29 is 0 Å². The van der Waals surface area contributed by atoms with E-state index in [4.69, 9.17) is 21.9 Å². The van der Waals surface area contributed by atoms with Crippen LogP contribution in [-0.4, -0.2) is 17.0 Å². The van der Waals surface area contributed by atoms with Gasteiger partial charge in [-0.05, 0) is 37.0 Å². The van der Waals surface area contributed by atoms with E-state index in [2.05, 4.69) is 11.4 Å². The molecular weight excluding hydrogens is 290 g/mol. The maximum Gasteiger partial charge on any atom is 0.161 e. The van der Waals surface area contributed by atoms with Crippen LogP contribution in [0.15, 0.2) is 23.2 Å². The van der Waals surface area contributed by atoms with E-state index in [-0.39, 0.29) is 0 Å². The van der Waals surface area contributed by atoms with E-state index in [1.54, 1.807) is 23.9 Å². The van der Waals surface area contributed by atoms with Gasteiger partial charge in [0, 0.05) is 11.4 Å². The highest BCUT2D eigenvalue weighted by Gasteiger charge is 2.29. The predicted octanol–water partition coefficient (Wildman–Crippen LogP) is 4.29.